The Balaban J connectivity index is 2.11. The van der Waals surface area contributed by atoms with Crippen molar-refractivity contribution in [2.24, 2.45) is 7.05 Å². The van der Waals surface area contributed by atoms with Gasteiger partial charge in [0, 0.05) is 25.9 Å². The Morgan fingerprint density at radius 1 is 1.24 bits per heavy atom. The quantitative estimate of drug-likeness (QED) is 0.873. The van der Waals surface area contributed by atoms with Crippen LogP contribution in [0.4, 0.5) is 10.7 Å². The van der Waals surface area contributed by atoms with E-state index in [1.165, 1.54) is 0 Å². The third-order valence-corrected chi connectivity index (χ3v) is 3.35. The van der Waals surface area contributed by atoms with Crippen molar-refractivity contribution in [1.82, 2.24) is 14.9 Å². The van der Waals surface area contributed by atoms with Gasteiger partial charge in [0.25, 0.3) is 0 Å². The SMILES string of the molecule is Cn1ccnc1NC(=O)C(Cc1ccccc1)NC(=O)OC(C)(C)C. The van der Waals surface area contributed by atoms with Crippen molar-refractivity contribution in [2.45, 2.75) is 38.8 Å². The first-order valence-corrected chi connectivity index (χ1v) is 8.06. The normalized spacial score (nSPS) is 12.3. The number of imidazole rings is 1. The van der Waals surface area contributed by atoms with Crippen LogP contribution in [0.2, 0.25) is 0 Å². The highest BCUT2D eigenvalue weighted by molar-refractivity contribution is 5.95. The topological polar surface area (TPSA) is 85.3 Å². The van der Waals surface area contributed by atoms with Crippen molar-refractivity contribution in [2.75, 3.05) is 5.32 Å². The molecule has 0 saturated carbocycles. The van der Waals surface area contributed by atoms with Gasteiger partial charge < -0.3 is 14.6 Å². The van der Waals surface area contributed by atoms with E-state index in [0.29, 0.717) is 12.4 Å². The molecule has 2 amide bonds. The van der Waals surface area contributed by atoms with E-state index < -0.39 is 17.7 Å². The Bertz CT molecular complexity index is 719. The molecule has 0 aliphatic heterocycles. The van der Waals surface area contributed by atoms with Gasteiger partial charge in [0.2, 0.25) is 11.9 Å². The predicted octanol–water partition coefficient (Wildman–Crippen LogP) is 2.49. The first kappa shape index (κ1) is 18.5. The number of benzene rings is 1. The van der Waals surface area contributed by atoms with Gasteiger partial charge in [0.1, 0.15) is 11.6 Å². The maximum absolute atomic E-state index is 12.6. The lowest BCUT2D eigenvalue weighted by molar-refractivity contribution is -0.118. The molecule has 0 aliphatic carbocycles. The predicted molar refractivity (Wildman–Crippen MR) is 95.1 cm³/mol. The highest BCUT2D eigenvalue weighted by atomic mass is 16.6. The van der Waals surface area contributed by atoms with Crippen LogP contribution >= 0.6 is 0 Å². The Morgan fingerprint density at radius 3 is 2.48 bits per heavy atom. The van der Waals surface area contributed by atoms with Gasteiger partial charge >= 0.3 is 6.09 Å². The highest BCUT2D eigenvalue weighted by Crippen LogP contribution is 2.10. The van der Waals surface area contributed by atoms with E-state index in [2.05, 4.69) is 15.6 Å². The number of ether oxygens (including phenoxy) is 1. The van der Waals surface area contributed by atoms with Gasteiger partial charge in [-0.2, -0.15) is 0 Å². The molecule has 1 heterocycles. The Labute approximate surface area is 147 Å². The van der Waals surface area contributed by atoms with Crippen LogP contribution in [-0.2, 0) is 23.0 Å². The van der Waals surface area contributed by atoms with Gasteiger partial charge in [-0.3, -0.25) is 10.1 Å². The zero-order chi connectivity index (χ0) is 18.4. The summed E-state index contributed by atoms with van der Waals surface area (Å²) in [7, 11) is 1.77. The number of alkyl carbamates (subject to hydrolysis) is 1. The first-order valence-electron chi connectivity index (χ1n) is 8.06. The Hall–Kier alpha value is -2.83. The number of amides is 2. The van der Waals surface area contributed by atoms with Gasteiger partial charge in [-0.15, -0.1) is 0 Å². The number of aromatic nitrogens is 2. The van der Waals surface area contributed by atoms with Crippen molar-refractivity contribution in [3.8, 4) is 0 Å². The average Bonchev–Trinajstić information content (AvgIpc) is 2.91. The second kappa shape index (κ2) is 7.83. The maximum Gasteiger partial charge on any atom is 0.408 e. The van der Waals surface area contributed by atoms with Gasteiger partial charge in [-0.25, -0.2) is 9.78 Å². The molecule has 1 aromatic heterocycles. The summed E-state index contributed by atoms with van der Waals surface area (Å²) in [6, 6.07) is 8.69. The van der Waals surface area contributed by atoms with Crippen LogP contribution in [0.25, 0.3) is 0 Å². The molecule has 0 radical (unpaired) electrons. The summed E-state index contributed by atoms with van der Waals surface area (Å²) in [6.45, 7) is 5.31. The van der Waals surface area contributed by atoms with Crippen LogP contribution in [0.15, 0.2) is 42.7 Å². The summed E-state index contributed by atoms with van der Waals surface area (Å²) in [5, 5.41) is 5.36. The standard InChI is InChI=1S/C18H24N4O3/c1-18(2,3)25-17(24)20-14(12-13-8-6-5-7-9-13)15(23)21-16-19-10-11-22(16)4/h5-11,14H,12H2,1-4H3,(H,20,24)(H,19,21,23). The molecule has 0 spiro atoms. The second-order valence-corrected chi connectivity index (χ2v) is 6.74. The van der Waals surface area contributed by atoms with Crippen molar-refractivity contribution >= 4 is 17.9 Å². The summed E-state index contributed by atoms with van der Waals surface area (Å²) in [6.07, 6.45) is 3.02. The van der Waals surface area contributed by atoms with E-state index in [0.717, 1.165) is 5.56 Å². The molecule has 134 valence electrons. The van der Waals surface area contributed by atoms with E-state index in [4.69, 9.17) is 4.74 Å². The van der Waals surface area contributed by atoms with Crippen molar-refractivity contribution in [1.29, 1.82) is 0 Å². The average molecular weight is 344 g/mol. The highest BCUT2D eigenvalue weighted by Gasteiger charge is 2.25. The lowest BCUT2D eigenvalue weighted by Gasteiger charge is -2.23. The summed E-state index contributed by atoms with van der Waals surface area (Å²) in [5.74, 6) is 0.0538. The number of rotatable bonds is 5. The van der Waals surface area contributed by atoms with Crippen molar-refractivity contribution in [3.63, 3.8) is 0 Å². The fourth-order valence-electron chi connectivity index (χ4n) is 2.19. The molecule has 0 saturated heterocycles. The van der Waals surface area contributed by atoms with Gasteiger partial charge in [-0.05, 0) is 26.3 Å². The molecule has 1 unspecified atom stereocenters. The van der Waals surface area contributed by atoms with E-state index in [-0.39, 0.29) is 5.91 Å². The van der Waals surface area contributed by atoms with E-state index in [9.17, 15) is 9.59 Å². The molecule has 1 aromatic carbocycles. The third kappa shape index (κ3) is 5.95. The molecule has 7 heteroatoms. The van der Waals surface area contributed by atoms with Gasteiger partial charge in [0.15, 0.2) is 0 Å². The molecule has 2 N–H and O–H groups in total. The lowest BCUT2D eigenvalue weighted by Crippen LogP contribution is -2.47. The Morgan fingerprint density at radius 2 is 1.92 bits per heavy atom. The number of nitrogens with zero attached hydrogens (tertiary/aromatic N) is 2. The van der Waals surface area contributed by atoms with Crippen LogP contribution in [-0.4, -0.2) is 33.2 Å². The van der Waals surface area contributed by atoms with Crippen LogP contribution in [0.5, 0.6) is 0 Å². The summed E-state index contributed by atoms with van der Waals surface area (Å²) in [4.78, 5) is 28.8. The molecule has 7 nitrogen and oxygen atoms in total. The fraction of sp³-hybridized carbons (Fsp3) is 0.389. The number of hydrogen-bond donors (Lipinski definition) is 2. The minimum Gasteiger partial charge on any atom is -0.444 e. The van der Waals surface area contributed by atoms with Crippen molar-refractivity contribution < 1.29 is 14.3 Å². The molecule has 2 aromatic rings. The summed E-state index contributed by atoms with van der Waals surface area (Å²) < 4.78 is 6.95. The van der Waals surface area contributed by atoms with Crippen LogP contribution in [0, 0.1) is 0 Å². The van der Waals surface area contributed by atoms with Crippen LogP contribution in [0.1, 0.15) is 26.3 Å². The monoisotopic (exact) mass is 344 g/mol. The van der Waals surface area contributed by atoms with E-state index in [1.807, 2.05) is 30.3 Å². The summed E-state index contributed by atoms with van der Waals surface area (Å²) >= 11 is 0. The number of carbonyl (C=O) groups is 2. The van der Waals surface area contributed by atoms with Gasteiger partial charge in [0.05, 0.1) is 0 Å². The minimum absolute atomic E-state index is 0.344. The molecule has 25 heavy (non-hydrogen) atoms. The zero-order valence-corrected chi connectivity index (χ0v) is 14.9. The van der Waals surface area contributed by atoms with Crippen molar-refractivity contribution in [3.05, 3.63) is 48.3 Å². The van der Waals surface area contributed by atoms with E-state index in [1.54, 1.807) is 44.8 Å². The number of anilines is 1. The van der Waals surface area contributed by atoms with Gasteiger partial charge in [-0.1, -0.05) is 30.3 Å². The number of hydrogen-bond acceptors (Lipinski definition) is 4. The third-order valence-electron chi connectivity index (χ3n) is 3.35. The number of aryl methyl sites for hydroxylation is 1. The molecular formula is C18H24N4O3. The number of nitrogens with one attached hydrogen (secondary N) is 2. The molecule has 0 bridgehead atoms. The largest absolute Gasteiger partial charge is 0.444 e. The zero-order valence-electron chi connectivity index (χ0n) is 14.9. The smallest absolute Gasteiger partial charge is 0.408 e. The van der Waals surface area contributed by atoms with Crippen LogP contribution in [0.3, 0.4) is 0 Å². The van der Waals surface area contributed by atoms with Crippen LogP contribution < -0.4 is 10.6 Å². The second-order valence-electron chi connectivity index (χ2n) is 6.74. The molecule has 2 rings (SSSR count). The molecule has 0 aliphatic rings. The molecule has 1 atom stereocenters. The first-order chi connectivity index (χ1) is 11.7. The molecular weight excluding hydrogens is 320 g/mol. The Kier molecular flexibility index (Phi) is 5.80. The lowest BCUT2D eigenvalue weighted by atomic mass is 10.1. The molecule has 0 fully saturated rings. The fourth-order valence-corrected chi connectivity index (χ4v) is 2.19. The summed E-state index contributed by atoms with van der Waals surface area (Å²) in [5.41, 5.74) is 0.288. The minimum atomic E-state index is -0.783. The maximum atomic E-state index is 12.6. The number of carbonyl (C=O) groups excluding carboxylic acids is 2. The van der Waals surface area contributed by atoms with E-state index >= 15 is 0 Å².